The van der Waals surface area contributed by atoms with Gasteiger partial charge >= 0.3 is 0 Å². The van der Waals surface area contributed by atoms with Crippen LogP contribution in [0.2, 0.25) is 0 Å². The molecule has 12 heteroatoms. The molecule has 2 aromatic carbocycles. The van der Waals surface area contributed by atoms with E-state index in [1.54, 1.807) is 21.0 Å². The van der Waals surface area contributed by atoms with Gasteiger partial charge in [0, 0.05) is 24.7 Å². The van der Waals surface area contributed by atoms with E-state index in [-0.39, 0.29) is 21.4 Å². The number of hydrogen-bond acceptors (Lipinski definition) is 6. The first-order valence-corrected chi connectivity index (χ1v) is 15.3. The number of thiazole rings is 1. The number of benzene rings is 2. The van der Waals surface area contributed by atoms with E-state index in [0.717, 1.165) is 37.0 Å². The first kappa shape index (κ1) is 26.4. The lowest BCUT2D eigenvalue weighted by atomic mass is 10.0. The standard InChI is InChI=1S/C24H28N4O5S3/c1-3-14-27-21-13-12-20(35(25,30)31)16-22(21)34-24(27)26-23(29)17-8-10-19(11-9-17)36(32,33)28-15-6-5-7-18(28)4-2/h3,8-13,16,18H,1,4-7,14-15H2,2H3,(H2,25,30,31). The van der Waals surface area contributed by atoms with Crippen molar-refractivity contribution in [1.82, 2.24) is 8.87 Å². The average molecular weight is 549 g/mol. The minimum Gasteiger partial charge on any atom is -0.312 e. The van der Waals surface area contributed by atoms with Gasteiger partial charge in [-0.2, -0.15) is 9.30 Å². The van der Waals surface area contributed by atoms with Crippen LogP contribution < -0.4 is 9.94 Å². The molecule has 1 fully saturated rings. The van der Waals surface area contributed by atoms with Gasteiger partial charge < -0.3 is 4.57 Å². The topological polar surface area (TPSA) is 132 Å². The van der Waals surface area contributed by atoms with Crippen LogP contribution in [0.3, 0.4) is 0 Å². The summed E-state index contributed by atoms with van der Waals surface area (Å²) in [7, 11) is -7.53. The second-order valence-corrected chi connectivity index (χ2v) is 13.0. The molecule has 2 N–H and O–H groups in total. The number of carbonyl (C=O) groups is 1. The Hall–Kier alpha value is -2.64. The number of nitrogens with two attached hydrogens (primary N) is 1. The summed E-state index contributed by atoms with van der Waals surface area (Å²) >= 11 is 1.15. The van der Waals surface area contributed by atoms with Crippen LogP contribution in [0.5, 0.6) is 0 Å². The van der Waals surface area contributed by atoms with Gasteiger partial charge in [0.15, 0.2) is 4.80 Å². The van der Waals surface area contributed by atoms with Crippen LogP contribution in [0.25, 0.3) is 10.2 Å². The van der Waals surface area contributed by atoms with Crippen molar-refractivity contribution in [1.29, 1.82) is 0 Å². The van der Waals surface area contributed by atoms with Gasteiger partial charge in [0.1, 0.15) is 0 Å². The molecule has 1 saturated heterocycles. The summed E-state index contributed by atoms with van der Waals surface area (Å²) in [5.74, 6) is -0.542. The van der Waals surface area contributed by atoms with E-state index < -0.39 is 26.0 Å². The quantitative estimate of drug-likeness (QED) is 0.453. The van der Waals surface area contributed by atoms with Crippen molar-refractivity contribution in [3.05, 3.63) is 65.5 Å². The Morgan fingerprint density at radius 1 is 1.14 bits per heavy atom. The zero-order chi connectivity index (χ0) is 26.1. The second kappa shape index (κ2) is 10.4. The minimum absolute atomic E-state index is 0.0110. The van der Waals surface area contributed by atoms with Crippen molar-refractivity contribution < 1.29 is 21.6 Å². The molecule has 2 heterocycles. The summed E-state index contributed by atoms with van der Waals surface area (Å²) in [5, 5.41) is 5.24. The fourth-order valence-electron chi connectivity index (χ4n) is 4.38. The van der Waals surface area contributed by atoms with Crippen LogP contribution in [-0.2, 0) is 26.6 Å². The molecular formula is C24H28N4O5S3. The molecule has 1 aromatic heterocycles. The van der Waals surface area contributed by atoms with Gasteiger partial charge in [-0.05, 0) is 61.7 Å². The van der Waals surface area contributed by atoms with Crippen molar-refractivity contribution in [2.75, 3.05) is 6.54 Å². The smallest absolute Gasteiger partial charge is 0.279 e. The van der Waals surface area contributed by atoms with Crippen LogP contribution in [0.4, 0.5) is 0 Å². The highest BCUT2D eigenvalue weighted by Gasteiger charge is 2.32. The van der Waals surface area contributed by atoms with Crippen molar-refractivity contribution in [3.63, 3.8) is 0 Å². The normalized spacial score (nSPS) is 17.9. The number of sulfonamides is 2. The zero-order valence-electron chi connectivity index (χ0n) is 19.8. The van der Waals surface area contributed by atoms with Crippen LogP contribution in [-0.4, -0.2) is 44.2 Å². The summed E-state index contributed by atoms with van der Waals surface area (Å²) in [6.07, 6.45) is 5.11. The van der Waals surface area contributed by atoms with Gasteiger partial charge in [-0.1, -0.05) is 30.8 Å². The molecule has 0 radical (unpaired) electrons. The minimum atomic E-state index is -3.88. The average Bonchev–Trinajstić information content (AvgIpc) is 3.19. The van der Waals surface area contributed by atoms with Gasteiger partial charge in [0.05, 0.1) is 20.0 Å². The Morgan fingerprint density at radius 3 is 2.47 bits per heavy atom. The van der Waals surface area contributed by atoms with E-state index >= 15 is 0 Å². The van der Waals surface area contributed by atoms with Gasteiger partial charge in [-0.3, -0.25) is 4.79 Å². The highest BCUT2D eigenvalue weighted by Crippen LogP contribution is 2.27. The van der Waals surface area contributed by atoms with Crippen molar-refractivity contribution in [2.24, 2.45) is 10.1 Å². The largest absolute Gasteiger partial charge is 0.312 e. The first-order chi connectivity index (χ1) is 17.1. The van der Waals surface area contributed by atoms with E-state index in [1.807, 2.05) is 6.92 Å². The molecule has 36 heavy (non-hydrogen) atoms. The number of carbonyl (C=O) groups excluding carboxylic acids is 1. The summed E-state index contributed by atoms with van der Waals surface area (Å²) in [6.45, 7) is 6.58. The van der Waals surface area contributed by atoms with Crippen molar-refractivity contribution >= 4 is 47.5 Å². The molecule has 1 amide bonds. The molecule has 0 saturated carbocycles. The molecule has 0 spiro atoms. The van der Waals surface area contributed by atoms with Gasteiger partial charge in [0.2, 0.25) is 20.0 Å². The van der Waals surface area contributed by atoms with Gasteiger partial charge in [-0.25, -0.2) is 22.0 Å². The molecule has 3 aromatic rings. The molecule has 0 aliphatic carbocycles. The summed E-state index contributed by atoms with van der Waals surface area (Å²) in [6, 6.07) is 10.3. The lowest BCUT2D eigenvalue weighted by Gasteiger charge is -2.34. The number of primary sulfonamides is 1. The maximum atomic E-state index is 13.2. The number of hydrogen-bond donors (Lipinski definition) is 1. The molecule has 1 aliphatic rings. The van der Waals surface area contributed by atoms with Crippen molar-refractivity contribution in [2.45, 2.75) is 55.0 Å². The number of fused-ring (bicyclic) bond motifs is 1. The SMILES string of the molecule is C=CCn1c(=NC(=O)c2ccc(S(=O)(=O)N3CCCCC3CC)cc2)sc2cc(S(N)(=O)=O)ccc21. The van der Waals surface area contributed by atoms with Crippen LogP contribution in [0.1, 0.15) is 43.0 Å². The Kier molecular flexibility index (Phi) is 7.62. The molecule has 1 unspecified atom stereocenters. The zero-order valence-corrected chi connectivity index (χ0v) is 22.3. The number of rotatable bonds is 7. The Morgan fingerprint density at radius 2 is 1.83 bits per heavy atom. The lowest BCUT2D eigenvalue weighted by Crippen LogP contribution is -2.43. The van der Waals surface area contributed by atoms with E-state index in [0.29, 0.717) is 28.1 Å². The van der Waals surface area contributed by atoms with Crippen LogP contribution in [0.15, 0.2) is 69.9 Å². The number of amides is 1. The second-order valence-electron chi connectivity index (χ2n) is 8.57. The monoisotopic (exact) mass is 548 g/mol. The summed E-state index contributed by atoms with van der Waals surface area (Å²) < 4.78 is 53.8. The molecule has 1 aliphatic heterocycles. The molecule has 4 rings (SSSR count). The predicted molar refractivity (Wildman–Crippen MR) is 140 cm³/mol. The van der Waals surface area contributed by atoms with E-state index in [1.165, 1.54) is 36.4 Å². The Labute approximate surface area is 214 Å². The number of allylic oxidation sites excluding steroid dienone is 1. The Bertz CT molecular complexity index is 1590. The van der Waals surface area contributed by atoms with E-state index in [4.69, 9.17) is 5.14 Å². The molecule has 192 valence electrons. The van der Waals surface area contributed by atoms with E-state index in [9.17, 15) is 21.6 Å². The van der Waals surface area contributed by atoms with E-state index in [2.05, 4.69) is 11.6 Å². The third-order valence-electron chi connectivity index (χ3n) is 6.24. The van der Waals surface area contributed by atoms with Crippen LogP contribution >= 0.6 is 11.3 Å². The van der Waals surface area contributed by atoms with Gasteiger partial charge in [-0.15, -0.1) is 6.58 Å². The Balaban J connectivity index is 1.68. The fraction of sp³-hybridized carbons (Fsp3) is 0.333. The number of aromatic nitrogens is 1. The maximum Gasteiger partial charge on any atom is 0.279 e. The summed E-state index contributed by atoms with van der Waals surface area (Å²) in [5.41, 5.74) is 0.930. The highest BCUT2D eigenvalue weighted by atomic mass is 32.2. The molecule has 9 nitrogen and oxygen atoms in total. The van der Waals surface area contributed by atoms with Gasteiger partial charge in [0.25, 0.3) is 5.91 Å². The number of nitrogens with zero attached hydrogens (tertiary/aromatic N) is 3. The number of piperidine rings is 1. The molecule has 0 bridgehead atoms. The van der Waals surface area contributed by atoms with Crippen molar-refractivity contribution in [3.8, 4) is 0 Å². The first-order valence-electron chi connectivity index (χ1n) is 11.5. The predicted octanol–water partition coefficient (Wildman–Crippen LogP) is 3.23. The maximum absolute atomic E-state index is 13.2. The lowest BCUT2D eigenvalue weighted by molar-refractivity contribution is 0.0997. The van der Waals surface area contributed by atoms with Crippen LogP contribution in [0, 0.1) is 0 Å². The third-order valence-corrected chi connectivity index (χ3v) is 10.2. The molecule has 1 atom stereocenters. The molecular weight excluding hydrogens is 520 g/mol. The highest BCUT2D eigenvalue weighted by molar-refractivity contribution is 7.89. The fourth-order valence-corrected chi connectivity index (χ4v) is 7.83. The third kappa shape index (κ3) is 5.23. The summed E-state index contributed by atoms with van der Waals surface area (Å²) in [4.78, 5) is 17.7.